The van der Waals surface area contributed by atoms with E-state index in [1.807, 2.05) is 12.1 Å². The highest BCUT2D eigenvalue weighted by Gasteiger charge is 2.30. The van der Waals surface area contributed by atoms with Crippen LogP contribution in [0.1, 0.15) is 23.6 Å². The first kappa shape index (κ1) is 18.6. The molecule has 0 bridgehead atoms. The van der Waals surface area contributed by atoms with Gasteiger partial charge >= 0.3 is 0 Å². The summed E-state index contributed by atoms with van der Waals surface area (Å²) in [6.07, 6.45) is 1.78. The van der Waals surface area contributed by atoms with Crippen molar-refractivity contribution < 1.29 is 9.18 Å². The Kier molecular flexibility index (Phi) is 5.34. The predicted octanol–water partition coefficient (Wildman–Crippen LogP) is 3.69. The van der Waals surface area contributed by atoms with Gasteiger partial charge in [-0.05, 0) is 41.0 Å². The smallest absolute Gasteiger partial charge is 0.258 e. The Balaban J connectivity index is 1.39. The van der Waals surface area contributed by atoms with E-state index >= 15 is 0 Å². The largest absolute Gasteiger partial charge is 0.271 e. The molecule has 0 spiro atoms. The number of hydrazine groups is 1. The molecule has 1 aliphatic heterocycles. The molecule has 28 heavy (non-hydrogen) atoms. The fourth-order valence-corrected chi connectivity index (χ4v) is 3.46. The van der Waals surface area contributed by atoms with Crippen LogP contribution in [-0.2, 0) is 4.79 Å². The first-order valence-corrected chi connectivity index (χ1v) is 9.26. The molecule has 1 amide bonds. The number of nitrogens with one attached hydrogen (secondary N) is 3. The van der Waals surface area contributed by atoms with Gasteiger partial charge in [0.15, 0.2) is 0 Å². The average Bonchev–Trinajstić information content (AvgIpc) is 3.20. The van der Waals surface area contributed by atoms with Crippen molar-refractivity contribution in [2.45, 2.75) is 18.5 Å². The van der Waals surface area contributed by atoms with E-state index in [1.54, 1.807) is 6.07 Å². The van der Waals surface area contributed by atoms with Crippen LogP contribution in [0.25, 0.3) is 10.8 Å². The maximum atomic E-state index is 13.7. The van der Waals surface area contributed by atoms with Crippen LogP contribution in [0.5, 0.6) is 0 Å². The highest BCUT2D eigenvalue weighted by atomic mass is 35.5. The number of hydrogen-bond acceptors (Lipinski definition) is 4. The van der Waals surface area contributed by atoms with E-state index < -0.39 is 11.9 Å². The van der Waals surface area contributed by atoms with E-state index in [9.17, 15) is 9.18 Å². The van der Waals surface area contributed by atoms with E-state index in [2.05, 4.69) is 51.7 Å². The van der Waals surface area contributed by atoms with Crippen LogP contribution in [0.4, 0.5) is 4.39 Å². The minimum Gasteiger partial charge on any atom is -0.271 e. The number of rotatable bonds is 4. The Morgan fingerprint density at radius 3 is 2.75 bits per heavy atom. The molecule has 2 unspecified atom stereocenters. The summed E-state index contributed by atoms with van der Waals surface area (Å²) in [4.78, 5) is 12.3. The van der Waals surface area contributed by atoms with Gasteiger partial charge in [0.25, 0.3) is 5.91 Å². The zero-order valence-electron chi connectivity index (χ0n) is 14.8. The third kappa shape index (κ3) is 3.89. The molecule has 0 aliphatic carbocycles. The second-order valence-electron chi connectivity index (χ2n) is 6.61. The summed E-state index contributed by atoms with van der Waals surface area (Å²) >= 11 is 5.93. The van der Waals surface area contributed by atoms with E-state index in [0.29, 0.717) is 6.42 Å². The molecule has 3 N–H and O–H groups in total. The summed E-state index contributed by atoms with van der Waals surface area (Å²) in [5, 5.41) is 6.39. The lowest BCUT2D eigenvalue weighted by Gasteiger charge is -2.10. The zero-order chi connectivity index (χ0) is 19.5. The summed E-state index contributed by atoms with van der Waals surface area (Å²) < 4.78 is 13.7. The lowest BCUT2D eigenvalue weighted by molar-refractivity contribution is -0.122. The van der Waals surface area contributed by atoms with Crippen molar-refractivity contribution in [3.05, 3.63) is 82.6 Å². The highest BCUT2D eigenvalue weighted by molar-refractivity contribution is 6.33. The van der Waals surface area contributed by atoms with Gasteiger partial charge in [-0.2, -0.15) is 5.10 Å². The Hall–Kier alpha value is -2.80. The Morgan fingerprint density at radius 2 is 1.93 bits per heavy atom. The number of carbonyl (C=O) groups is 1. The van der Waals surface area contributed by atoms with E-state index in [4.69, 9.17) is 11.6 Å². The van der Waals surface area contributed by atoms with Crippen molar-refractivity contribution in [1.82, 2.24) is 16.3 Å². The first-order valence-electron chi connectivity index (χ1n) is 8.88. The molecule has 0 aromatic heterocycles. The molecule has 2 atom stereocenters. The number of fused-ring (bicyclic) bond motifs is 1. The van der Waals surface area contributed by atoms with Crippen LogP contribution in [0, 0.1) is 5.82 Å². The van der Waals surface area contributed by atoms with Gasteiger partial charge in [-0.1, -0.05) is 54.1 Å². The summed E-state index contributed by atoms with van der Waals surface area (Å²) in [6.45, 7) is 0. The number of amides is 1. The molecule has 0 radical (unpaired) electrons. The van der Waals surface area contributed by atoms with Gasteiger partial charge in [0.2, 0.25) is 0 Å². The molecule has 7 heteroatoms. The fourth-order valence-electron chi connectivity index (χ4n) is 3.24. The molecule has 1 aliphatic rings. The van der Waals surface area contributed by atoms with Gasteiger partial charge in [0.05, 0.1) is 11.2 Å². The third-order valence-corrected chi connectivity index (χ3v) is 5.09. The molecule has 1 saturated heterocycles. The van der Waals surface area contributed by atoms with Crippen molar-refractivity contribution in [3.63, 3.8) is 0 Å². The van der Waals surface area contributed by atoms with Gasteiger partial charge in [-0.15, -0.1) is 0 Å². The minimum absolute atomic E-state index is 0.00495. The predicted molar refractivity (Wildman–Crippen MR) is 109 cm³/mol. The fraction of sp³-hybridized carbons (Fsp3) is 0.143. The van der Waals surface area contributed by atoms with Gasteiger partial charge in [0, 0.05) is 11.6 Å². The lowest BCUT2D eigenvalue weighted by Crippen LogP contribution is -2.41. The molecule has 1 heterocycles. The van der Waals surface area contributed by atoms with Crippen LogP contribution < -0.4 is 16.3 Å². The molecular weight excluding hydrogens is 379 g/mol. The van der Waals surface area contributed by atoms with Gasteiger partial charge in [-0.25, -0.2) is 20.7 Å². The number of halogens is 2. The quantitative estimate of drug-likeness (QED) is 0.465. The molecule has 5 nitrogen and oxygen atoms in total. The van der Waals surface area contributed by atoms with Crippen molar-refractivity contribution in [2.75, 3.05) is 0 Å². The standard InChI is InChI=1S/C21H18ClFN4O/c22-17-6-3-7-18(23)16(17)12-24-27-21(28)20-11-19(25-26-20)15-9-8-13-4-1-2-5-14(13)10-15/h1-10,12,19-20,25-26H,11H2,(H,27,28)/b24-12+. The van der Waals surface area contributed by atoms with Crippen molar-refractivity contribution in [2.24, 2.45) is 5.10 Å². The highest BCUT2D eigenvalue weighted by Crippen LogP contribution is 2.25. The molecule has 4 rings (SSSR count). The normalized spacial score (nSPS) is 19.4. The summed E-state index contributed by atoms with van der Waals surface area (Å²) in [6, 6.07) is 18.3. The average molecular weight is 397 g/mol. The first-order chi connectivity index (χ1) is 13.6. The molecule has 3 aromatic rings. The Labute approximate surface area is 166 Å². The van der Waals surface area contributed by atoms with Crippen molar-refractivity contribution >= 4 is 34.5 Å². The summed E-state index contributed by atoms with van der Waals surface area (Å²) in [7, 11) is 0. The second kappa shape index (κ2) is 8.06. The van der Waals surface area contributed by atoms with Crippen LogP contribution >= 0.6 is 11.6 Å². The molecule has 3 aromatic carbocycles. The number of benzene rings is 3. The zero-order valence-corrected chi connectivity index (χ0v) is 15.6. The van der Waals surface area contributed by atoms with E-state index in [0.717, 1.165) is 10.9 Å². The van der Waals surface area contributed by atoms with Crippen LogP contribution in [0.2, 0.25) is 5.02 Å². The summed E-state index contributed by atoms with van der Waals surface area (Å²) in [5.41, 5.74) is 9.81. The second-order valence-corrected chi connectivity index (χ2v) is 7.01. The maximum Gasteiger partial charge on any atom is 0.258 e. The SMILES string of the molecule is O=C(N/N=C/c1c(F)cccc1Cl)C1CC(c2ccc3ccccc3c2)NN1. The third-order valence-electron chi connectivity index (χ3n) is 4.76. The van der Waals surface area contributed by atoms with E-state index in [-0.39, 0.29) is 22.5 Å². The van der Waals surface area contributed by atoms with Crippen LogP contribution in [0.15, 0.2) is 65.8 Å². The molecular formula is C21H18ClFN4O. The Bertz CT molecular complexity index is 1040. The molecule has 142 valence electrons. The maximum absolute atomic E-state index is 13.7. The Morgan fingerprint density at radius 1 is 1.11 bits per heavy atom. The minimum atomic E-state index is -0.498. The number of hydrazone groups is 1. The van der Waals surface area contributed by atoms with Crippen LogP contribution in [-0.4, -0.2) is 18.2 Å². The van der Waals surface area contributed by atoms with E-state index in [1.165, 1.54) is 23.7 Å². The van der Waals surface area contributed by atoms with Crippen molar-refractivity contribution in [3.8, 4) is 0 Å². The van der Waals surface area contributed by atoms with Gasteiger partial charge < -0.3 is 0 Å². The number of carbonyl (C=O) groups excluding carboxylic acids is 1. The van der Waals surface area contributed by atoms with Gasteiger partial charge in [-0.3, -0.25) is 4.79 Å². The molecule has 1 fully saturated rings. The topological polar surface area (TPSA) is 65.5 Å². The number of hydrogen-bond donors (Lipinski definition) is 3. The van der Waals surface area contributed by atoms with Crippen LogP contribution in [0.3, 0.4) is 0 Å². The molecule has 0 saturated carbocycles. The lowest BCUT2D eigenvalue weighted by atomic mass is 9.99. The monoisotopic (exact) mass is 396 g/mol. The number of nitrogens with zero attached hydrogens (tertiary/aromatic N) is 1. The summed E-state index contributed by atoms with van der Waals surface area (Å²) in [5.74, 6) is -0.804. The van der Waals surface area contributed by atoms with Crippen molar-refractivity contribution in [1.29, 1.82) is 0 Å². The van der Waals surface area contributed by atoms with Gasteiger partial charge in [0.1, 0.15) is 11.9 Å².